The van der Waals surface area contributed by atoms with Crippen LogP contribution in [0.15, 0.2) is 32.9 Å². The van der Waals surface area contributed by atoms with Gasteiger partial charge in [-0.1, -0.05) is 6.07 Å². The van der Waals surface area contributed by atoms with Crippen molar-refractivity contribution in [3.05, 3.63) is 46.3 Å². The first-order valence-corrected chi connectivity index (χ1v) is 16.5. The maximum Gasteiger partial charge on any atom is 0.287 e. The first-order valence-electron chi connectivity index (χ1n) is 12.3. The van der Waals surface area contributed by atoms with Crippen LogP contribution in [0.2, 0.25) is 0 Å². The molecule has 3 heterocycles. The number of ketones is 1. The van der Waals surface area contributed by atoms with Crippen molar-refractivity contribution in [3.63, 3.8) is 0 Å². The summed E-state index contributed by atoms with van der Waals surface area (Å²) in [4.78, 5) is 28.9. The third kappa shape index (κ3) is 4.48. The molecule has 1 unspecified atom stereocenters. The third-order valence-corrected chi connectivity index (χ3v) is 11.2. The fraction of sp³-hybridized carbons (Fsp3) is 0.458. The summed E-state index contributed by atoms with van der Waals surface area (Å²) in [6.45, 7) is -0.466. The molecule has 2 saturated carbocycles. The summed E-state index contributed by atoms with van der Waals surface area (Å²) in [5, 5.41) is 4.43. The molecule has 2 N–H and O–H groups in total. The van der Waals surface area contributed by atoms with Gasteiger partial charge in [0.2, 0.25) is 15.9 Å². The molecule has 4 aliphatic rings. The van der Waals surface area contributed by atoms with Crippen LogP contribution in [0.25, 0.3) is 0 Å². The van der Waals surface area contributed by atoms with E-state index in [1.54, 1.807) is 0 Å². The summed E-state index contributed by atoms with van der Waals surface area (Å²) >= 11 is 0.986. The molecule has 0 radical (unpaired) electrons. The minimum absolute atomic E-state index is 0.0235. The zero-order valence-corrected chi connectivity index (χ0v) is 23.0. The number of likely N-dealkylation sites (tertiary alicyclic amines) is 1. The average molecular weight is 599 g/mol. The molecule has 2 bridgehead atoms. The van der Waals surface area contributed by atoms with E-state index in [1.807, 2.05) is 0 Å². The van der Waals surface area contributed by atoms with Gasteiger partial charge in [0.05, 0.1) is 6.26 Å². The molecule has 1 amide bonds. The van der Waals surface area contributed by atoms with Crippen molar-refractivity contribution in [1.29, 1.82) is 0 Å². The molecule has 0 spiro atoms. The van der Waals surface area contributed by atoms with E-state index in [9.17, 15) is 35.2 Å². The number of amidine groups is 1. The summed E-state index contributed by atoms with van der Waals surface area (Å²) in [6.07, 6.45) is 3.33. The van der Waals surface area contributed by atoms with E-state index in [0.29, 0.717) is 0 Å². The van der Waals surface area contributed by atoms with Crippen molar-refractivity contribution < 1.29 is 35.2 Å². The zero-order chi connectivity index (χ0) is 27.9. The van der Waals surface area contributed by atoms with Gasteiger partial charge < -0.3 is 10.2 Å². The van der Waals surface area contributed by atoms with Crippen LogP contribution in [-0.2, 0) is 42.7 Å². The Balaban J connectivity index is 1.37. The number of Topliss-reactive ketones (excluding diaryl/α,β-unsaturated/α-hetero) is 1. The van der Waals surface area contributed by atoms with Crippen LogP contribution in [0.4, 0.5) is 13.8 Å². The maximum atomic E-state index is 14.6. The van der Waals surface area contributed by atoms with Gasteiger partial charge in [-0.25, -0.2) is 21.9 Å². The molecule has 208 valence electrons. The van der Waals surface area contributed by atoms with Crippen LogP contribution in [0.5, 0.6) is 0 Å². The lowest BCUT2D eigenvalue weighted by Gasteiger charge is -2.45. The first kappa shape index (κ1) is 26.5. The fourth-order valence-electron chi connectivity index (χ4n) is 6.53. The summed E-state index contributed by atoms with van der Waals surface area (Å²) in [5.41, 5.74) is 0.271. The minimum Gasteiger partial charge on any atom is -0.333 e. The van der Waals surface area contributed by atoms with Gasteiger partial charge in [-0.15, -0.1) is 15.7 Å². The van der Waals surface area contributed by atoms with Crippen LogP contribution < -0.4 is 10.0 Å². The molecule has 3 fully saturated rings. The number of halogens is 2. The molecule has 1 saturated heterocycles. The Morgan fingerprint density at radius 1 is 1.18 bits per heavy atom. The number of hydrogen-bond acceptors (Lipinski definition) is 8. The summed E-state index contributed by atoms with van der Waals surface area (Å²) in [5.74, 6) is -4.97. The number of thiophene rings is 1. The quantitative estimate of drug-likeness (QED) is 0.486. The molecule has 15 heteroatoms. The summed E-state index contributed by atoms with van der Waals surface area (Å²) in [6, 6.07) is 2.65. The van der Waals surface area contributed by atoms with E-state index >= 15 is 0 Å². The number of nitrogens with one attached hydrogen (secondary N) is 2. The molecule has 1 aromatic carbocycles. The summed E-state index contributed by atoms with van der Waals surface area (Å²) in [7, 11) is -7.98. The van der Waals surface area contributed by atoms with E-state index < -0.39 is 61.2 Å². The van der Waals surface area contributed by atoms with Crippen LogP contribution >= 0.6 is 11.3 Å². The number of anilines is 1. The number of carbonyl (C=O) groups excluding carboxylic acids is 2. The van der Waals surface area contributed by atoms with E-state index in [1.165, 1.54) is 16.3 Å². The molecule has 1 aromatic heterocycles. The average Bonchev–Trinajstić information content (AvgIpc) is 3.56. The lowest BCUT2D eigenvalue weighted by molar-refractivity contribution is -0.153. The van der Waals surface area contributed by atoms with Crippen LogP contribution in [-0.4, -0.2) is 51.6 Å². The Kier molecular flexibility index (Phi) is 6.21. The highest BCUT2D eigenvalue weighted by Crippen LogP contribution is 2.54. The SMILES string of the molecule is CS(=O)(=O)NCc1csc2c1S(=O)(=O)N=C(C1C(=O)[C@@H]3[C@H]4CC[C@H](C4)[C@@H]3N(Cc3ccc(F)cc3F)C1=O)N2. The Labute approximate surface area is 227 Å². The predicted molar refractivity (Wildman–Crippen MR) is 138 cm³/mol. The maximum absolute atomic E-state index is 14.6. The van der Waals surface area contributed by atoms with Gasteiger partial charge in [0.1, 0.15) is 27.4 Å². The molecule has 6 rings (SSSR count). The third-order valence-electron chi connectivity index (χ3n) is 8.06. The first-order chi connectivity index (χ1) is 18.3. The lowest BCUT2D eigenvalue weighted by Crippen LogP contribution is -2.61. The number of benzene rings is 1. The standard InChI is InChI=1S/C24H24F2N4O6S3/c1-38(33,34)27-8-14-10-37-23-21(14)39(35,36)29-22(28-23)18-20(31)17-11-2-3-12(6-11)19(17)30(24(18)32)9-13-4-5-15(25)7-16(13)26/h4-5,7,10-12,17-19,27H,2-3,6,8-9H2,1H3,(H,28,29)/t11-,12+,17+,18?,19-/m0/s1. The van der Waals surface area contributed by atoms with Crippen molar-refractivity contribution in [1.82, 2.24) is 9.62 Å². The highest BCUT2D eigenvalue weighted by molar-refractivity contribution is 7.91. The highest BCUT2D eigenvalue weighted by atomic mass is 32.2. The molecular formula is C24H24F2N4O6S3. The Morgan fingerprint density at radius 2 is 1.92 bits per heavy atom. The number of nitrogens with zero attached hydrogens (tertiary/aromatic N) is 2. The normalized spacial score (nSPS) is 29.2. The largest absolute Gasteiger partial charge is 0.333 e. The van der Waals surface area contributed by atoms with E-state index in [0.717, 1.165) is 49.0 Å². The van der Waals surface area contributed by atoms with Gasteiger partial charge in [0.25, 0.3) is 10.0 Å². The molecule has 39 heavy (non-hydrogen) atoms. The van der Waals surface area contributed by atoms with Gasteiger partial charge in [-0.05, 0) is 42.5 Å². The van der Waals surface area contributed by atoms with Gasteiger partial charge in [-0.3, -0.25) is 9.59 Å². The second kappa shape index (κ2) is 9.14. The smallest absolute Gasteiger partial charge is 0.287 e. The molecule has 2 aliphatic heterocycles. The van der Waals surface area contributed by atoms with Crippen molar-refractivity contribution in [2.45, 2.75) is 43.3 Å². The van der Waals surface area contributed by atoms with E-state index in [4.69, 9.17) is 0 Å². The number of piperidine rings is 1. The predicted octanol–water partition coefficient (Wildman–Crippen LogP) is 2.23. The van der Waals surface area contributed by atoms with Crippen LogP contribution in [0.1, 0.15) is 30.4 Å². The van der Waals surface area contributed by atoms with Crippen LogP contribution in [0, 0.1) is 35.3 Å². The molecular weight excluding hydrogens is 574 g/mol. The zero-order valence-electron chi connectivity index (χ0n) is 20.6. The fourth-order valence-corrected chi connectivity index (χ4v) is 9.59. The highest BCUT2D eigenvalue weighted by Gasteiger charge is 2.61. The Hall–Kier alpha value is -2.75. The second-order valence-electron chi connectivity index (χ2n) is 10.5. The number of amides is 1. The second-order valence-corrected chi connectivity index (χ2v) is 14.7. The number of carbonyl (C=O) groups is 2. The van der Waals surface area contributed by atoms with Gasteiger partial charge >= 0.3 is 0 Å². The molecule has 2 aromatic rings. The van der Waals surface area contributed by atoms with Crippen molar-refractivity contribution in [3.8, 4) is 0 Å². The van der Waals surface area contributed by atoms with Gasteiger partial charge in [-0.2, -0.15) is 8.42 Å². The Bertz CT molecular complexity index is 1660. The van der Waals surface area contributed by atoms with Gasteiger partial charge in [0.15, 0.2) is 11.7 Å². The van der Waals surface area contributed by atoms with Crippen molar-refractivity contribution in [2.24, 2.45) is 28.1 Å². The Morgan fingerprint density at radius 3 is 2.64 bits per heavy atom. The minimum atomic E-state index is -4.39. The number of rotatable bonds is 6. The number of sulfonamides is 2. The van der Waals surface area contributed by atoms with E-state index in [-0.39, 0.29) is 51.8 Å². The molecule has 10 nitrogen and oxygen atoms in total. The van der Waals surface area contributed by atoms with Crippen molar-refractivity contribution >= 4 is 53.9 Å². The topological polar surface area (TPSA) is 142 Å². The monoisotopic (exact) mass is 598 g/mol. The molecule has 2 aliphatic carbocycles. The molecule has 5 atom stereocenters. The number of hydrogen-bond donors (Lipinski definition) is 2. The van der Waals surface area contributed by atoms with Crippen molar-refractivity contribution in [2.75, 3.05) is 11.6 Å². The van der Waals surface area contributed by atoms with E-state index in [2.05, 4.69) is 14.4 Å². The summed E-state index contributed by atoms with van der Waals surface area (Å²) < 4.78 is 83.7. The van der Waals surface area contributed by atoms with Gasteiger partial charge in [0, 0.05) is 42.2 Å². The lowest BCUT2D eigenvalue weighted by atomic mass is 9.73. The van der Waals surface area contributed by atoms with Crippen LogP contribution in [0.3, 0.4) is 0 Å². The number of fused-ring (bicyclic) bond motifs is 6.